The highest BCUT2D eigenvalue weighted by Gasteiger charge is 2.41. The van der Waals surface area contributed by atoms with Gasteiger partial charge in [0.05, 0.1) is 12.0 Å². The predicted molar refractivity (Wildman–Crippen MR) is 67.9 cm³/mol. The molecule has 0 saturated carbocycles. The van der Waals surface area contributed by atoms with Gasteiger partial charge in [-0.05, 0) is 19.3 Å². The molecular formula is C14H24O4. The molecular weight excluding hydrogens is 232 g/mol. The zero-order valence-electron chi connectivity index (χ0n) is 11.8. The van der Waals surface area contributed by atoms with E-state index in [0.717, 1.165) is 19.3 Å². The molecule has 0 N–H and O–H groups in total. The van der Waals surface area contributed by atoms with Gasteiger partial charge in [-0.25, -0.2) is 4.79 Å². The van der Waals surface area contributed by atoms with E-state index in [1.807, 2.05) is 6.92 Å². The lowest BCUT2D eigenvalue weighted by atomic mass is 9.73. The lowest BCUT2D eigenvalue weighted by molar-refractivity contribution is -0.170. The van der Waals surface area contributed by atoms with Crippen LogP contribution < -0.4 is 0 Å². The van der Waals surface area contributed by atoms with Gasteiger partial charge in [0.25, 0.3) is 0 Å². The van der Waals surface area contributed by atoms with E-state index in [9.17, 15) is 9.59 Å². The van der Waals surface area contributed by atoms with Gasteiger partial charge in [0.2, 0.25) is 6.10 Å². The second-order valence-corrected chi connectivity index (χ2v) is 5.33. The van der Waals surface area contributed by atoms with Crippen LogP contribution in [0.25, 0.3) is 0 Å². The molecule has 0 spiro atoms. The average molecular weight is 256 g/mol. The Balaban J connectivity index is 2.73. The van der Waals surface area contributed by atoms with Crippen molar-refractivity contribution in [3.63, 3.8) is 0 Å². The molecule has 1 saturated heterocycles. The van der Waals surface area contributed by atoms with Gasteiger partial charge in [0, 0.05) is 6.42 Å². The summed E-state index contributed by atoms with van der Waals surface area (Å²) in [5.74, 6) is -0.434. The molecule has 1 aliphatic rings. The number of hydrogen-bond donors (Lipinski definition) is 0. The van der Waals surface area contributed by atoms with Gasteiger partial charge in [0.1, 0.15) is 0 Å². The molecule has 0 bridgehead atoms. The molecule has 104 valence electrons. The summed E-state index contributed by atoms with van der Waals surface area (Å²) in [5.41, 5.74) is -0.508. The molecule has 0 amide bonds. The summed E-state index contributed by atoms with van der Waals surface area (Å²) in [6.45, 7) is 8.47. The van der Waals surface area contributed by atoms with E-state index in [1.54, 1.807) is 0 Å². The molecule has 4 nitrogen and oxygen atoms in total. The summed E-state index contributed by atoms with van der Waals surface area (Å²) in [6.07, 6.45) is 2.40. The van der Waals surface area contributed by atoms with Crippen LogP contribution in [0, 0.1) is 11.3 Å². The van der Waals surface area contributed by atoms with Gasteiger partial charge in [-0.2, -0.15) is 0 Å². The minimum absolute atomic E-state index is 0.238. The van der Waals surface area contributed by atoms with Crippen LogP contribution in [0.1, 0.15) is 53.4 Å². The van der Waals surface area contributed by atoms with Gasteiger partial charge in [-0.3, -0.25) is 4.79 Å². The topological polar surface area (TPSA) is 52.6 Å². The maximum Gasteiger partial charge on any atom is 0.347 e. The Morgan fingerprint density at radius 2 is 2.22 bits per heavy atom. The Bertz CT molecular complexity index is 313. The number of hydrogen-bond acceptors (Lipinski definition) is 4. The van der Waals surface area contributed by atoms with Crippen molar-refractivity contribution in [1.82, 2.24) is 0 Å². The molecule has 0 aromatic rings. The molecule has 0 aromatic carbocycles. The summed E-state index contributed by atoms with van der Waals surface area (Å²) in [4.78, 5) is 23.7. The Kier molecular flexibility index (Phi) is 5.17. The number of esters is 2. The van der Waals surface area contributed by atoms with Crippen LogP contribution in [0.5, 0.6) is 0 Å². The van der Waals surface area contributed by atoms with Crippen LogP contribution >= 0.6 is 0 Å². The number of cyclic esters (lactones) is 1. The molecule has 0 aromatic heterocycles. The molecule has 1 aliphatic heterocycles. The third-order valence-electron chi connectivity index (χ3n) is 4.07. The molecule has 18 heavy (non-hydrogen) atoms. The van der Waals surface area contributed by atoms with Gasteiger partial charge >= 0.3 is 11.9 Å². The highest BCUT2D eigenvalue weighted by atomic mass is 16.6. The number of rotatable bonds is 6. The van der Waals surface area contributed by atoms with Crippen LogP contribution in [-0.4, -0.2) is 24.6 Å². The monoisotopic (exact) mass is 256 g/mol. The predicted octanol–water partition coefficient (Wildman–Crippen LogP) is 2.70. The molecule has 3 unspecified atom stereocenters. The summed E-state index contributed by atoms with van der Waals surface area (Å²) >= 11 is 0. The SMILES string of the molecule is CCCC(C)(C(=O)OC1CCOC1=O)C(C)CC. The van der Waals surface area contributed by atoms with Crippen molar-refractivity contribution in [1.29, 1.82) is 0 Å². The molecule has 3 atom stereocenters. The van der Waals surface area contributed by atoms with Crippen molar-refractivity contribution >= 4 is 11.9 Å². The van der Waals surface area contributed by atoms with Crippen molar-refractivity contribution in [2.24, 2.45) is 11.3 Å². The minimum atomic E-state index is -0.697. The molecule has 4 heteroatoms. The summed E-state index contributed by atoms with van der Waals surface area (Å²) in [6, 6.07) is 0. The average Bonchev–Trinajstić information content (AvgIpc) is 2.74. The van der Waals surface area contributed by atoms with Crippen molar-refractivity contribution in [3.8, 4) is 0 Å². The van der Waals surface area contributed by atoms with Crippen molar-refractivity contribution in [2.45, 2.75) is 59.5 Å². The Labute approximate surface area is 109 Å². The first kappa shape index (κ1) is 15.0. The summed E-state index contributed by atoms with van der Waals surface area (Å²) in [5, 5.41) is 0. The maximum absolute atomic E-state index is 12.3. The third kappa shape index (κ3) is 3.03. The fourth-order valence-electron chi connectivity index (χ4n) is 2.37. The standard InChI is InChI=1S/C14H24O4/c1-5-8-14(4,10(3)6-2)13(16)18-11-7-9-17-12(11)15/h10-11H,5-9H2,1-4H3. The van der Waals surface area contributed by atoms with Crippen LogP contribution in [0.3, 0.4) is 0 Å². The summed E-state index contributed by atoms with van der Waals surface area (Å²) in [7, 11) is 0. The van der Waals surface area contributed by atoms with Gasteiger partial charge in [-0.15, -0.1) is 0 Å². The van der Waals surface area contributed by atoms with E-state index in [0.29, 0.717) is 13.0 Å². The first-order valence-corrected chi connectivity index (χ1v) is 6.83. The smallest absolute Gasteiger partial charge is 0.347 e. The third-order valence-corrected chi connectivity index (χ3v) is 4.07. The summed E-state index contributed by atoms with van der Waals surface area (Å²) < 4.78 is 10.2. The van der Waals surface area contributed by atoms with Crippen LogP contribution in [-0.2, 0) is 19.1 Å². The second kappa shape index (κ2) is 6.21. The first-order chi connectivity index (χ1) is 8.45. The van der Waals surface area contributed by atoms with E-state index in [-0.39, 0.29) is 11.9 Å². The van der Waals surface area contributed by atoms with Crippen LogP contribution in [0.4, 0.5) is 0 Å². The number of carbonyl (C=O) groups excluding carboxylic acids is 2. The molecule has 0 radical (unpaired) electrons. The van der Waals surface area contributed by atoms with Gasteiger partial charge < -0.3 is 9.47 Å². The lowest BCUT2D eigenvalue weighted by Crippen LogP contribution is -2.39. The highest BCUT2D eigenvalue weighted by Crippen LogP contribution is 2.36. The van der Waals surface area contributed by atoms with Gasteiger partial charge in [-0.1, -0.05) is 33.6 Å². The van der Waals surface area contributed by atoms with E-state index in [4.69, 9.17) is 9.47 Å². The van der Waals surface area contributed by atoms with Crippen molar-refractivity contribution in [2.75, 3.05) is 6.61 Å². The molecule has 1 heterocycles. The van der Waals surface area contributed by atoms with Crippen molar-refractivity contribution in [3.05, 3.63) is 0 Å². The van der Waals surface area contributed by atoms with E-state index in [2.05, 4.69) is 20.8 Å². The van der Waals surface area contributed by atoms with E-state index in [1.165, 1.54) is 0 Å². The first-order valence-electron chi connectivity index (χ1n) is 6.83. The normalized spacial score (nSPS) is 24.2. The van der Waals surface area contributed by atoms with Gasteiger partial charge in [0.15, 0.2) is 0 Å². The largest absolute Gasteiger partial charge is 0.463 e. The molecule has 1 rings (SSSR count). The Morgan fingerprint density at radius 1 is 1.56 bits per heavy atom. The van der Waals surface area contributed by atoms with Crippen LogP contribution in [0.2, 0.25) is 0 Å². The van der Waals surface area contributed by atoms with E-state index < -0.39 is 17.5 Å². The molecule has 0 aliphatic carbocycles. The quantitative estimate of drug-likeness (QED) is 0.686. The molecule has 1 fully saturated rings. The zero-order valence-corrected chi connectivity index (χ0v) is 11.8. The number of ether oxygens (including phenoxy) is 2. The Hall–Kier alpha value is -1.06. The Morgan fingerprint density at radius 3 is 2.67 bits per heavy atom. The fraction of sp³-hybridized carbons (Fsp3) is 0.857. The zero-order chi connectivity index (χ0) is 13.8. The second-order valence-electron chi connectivity index (χ2n) is 5.33. The van der Waals surface area contributed by atoms with E-state index >= 15 is 0 Å². The fourth-order valence-corrected chi connectivity index (χ4v) is 2.37. The minimum Gasteiger partial charge on any atom is -0.463 e. The maximum atomic E-state index is 12.3. The lowest BCUT2D eigenvalue weighted by Gasteiger charge is -2.33. The number of carbonyl (C=O) groups is 2. The van der Waals surface area contributed by atoms with Crippen LogP contribution in [0.15, 0.2) is 0 Å². The van der Waals surface area contributed by atoms with Crippen molar-refractivity contribution < 1.29 is 19.1 Å². The highest BCUT2D eigenvalue weighted by molar-refractivity contribution is 5.83.